The number of aromatic nitrogens is 2. The average Bonchev–Trinajstić information content (AvgIpc) is 3.13. The van der Waals surface area contributed by atoms with Crippen molar-refractivity contribution in [3.8, 4) is 0 Å². The van der Waals surface area contributed by atoms with Crippen LogP contribution in [0.4, 0.5) is 0 Å². The molecule has 0 aliphatic rings. The summed E-state index contributed by atoms with van der Waals surface area (Å²) in [6.45, 7) is 0. The van der Waals surface area contributed by atoms with E-state index in [0.29, 0.717) is 11.0 Å². The van der Waals surface area contributed by atoms with Gasteiger partial charge in [-0.2, -0.15) is 0 Å². The molecule has 0 aliphatic carbocycles. The molecule has 0 bridgehead atoms. The summed E-state index contributed by atoms with van der Waals surface area (Å²) in [5.41, 5.74) is 3.94. The van der Waals surface area contributed by atoms with Gasteiger partial charge in [0, 0.05) is 26.9 Å². The molecule has 130 valence electrons. The first-order valence-electron chi connectivity index (χ1n) is 9.21. The highest BCUT2D eigenvalue weighted by Gasteiger charge is 2.19. The Labute approximate surface area is 157 Å². The summed E-state index contributed by atoms with van der Waals surface area (Å²) in [7, 11) is 0. The predicted molar refractivity (Wildman–Crippen MR) is 112 cm³/mol. The minimum atomic E-state index is -0.0428. The van der Waals surface area contributed by atoms with Gasteiger partial charge in [-0.25, -0.2) is 4.98 Å². The van der Waals surface area contributed by atoms with E-state index in [0.717, 1.165) is 49.1 Å². The van der Waals surface area contributed by atoms with Crippen LogP contribution in [0.2, 0.25) is 0 Å². The van der Waals surface area contributed by atoms with Gasteiger partial charge in [0.1, 0.15) is 16.8 Å². The molecule has 0 saturated heterocycles. The van der Waals surface area contributed by atoms with Gasteiger partial charge in [0.05, 0.1) is 11.0 Å². The van der Waals surface area contributed by atoms with Crippen molar-refractivity contribution in [3.63, 3.8) is 0 Å². The summed E-state index contributed by atoms with van der Waals surface area (Å²) in [5, 5.41) is 5.71. The monoisotopic (exact) mass is 360 g/mol. The van der Waals surface area contributed by atoms with Crippen LogP contribution in [0.15, 0.2) is 82.0 Å². The van der Waals surface area contributed by atoms with Crippen LogP contribution < -0.4 is 5.56 Å². The van der Waals surface area contributed by atoms with Crippen molar-refractivity contribution in [3.05, 3.63) is 83.2 Å². The number of rotatable bonds is 0. The lowest BCUT2D eigenvalue weighted by Crippen LogP contribution is -2.13. The third-order valence-electron chi connectivity index (χ3n) is 5.75. The maximum atomic E-state index is 13.4. The van der Waals surface area contributed by atoms with Gasteiger partial charge in [-0.3, -0.25) is 9.20 Å². The van der Waals surface area contributed by atoms with Crippen molar-refractivity contribution in [2.45, 2.75) is 0 Å². The Morgan fingerprint density at radius 3 is 2.43 bits per heavy atom. The lowest BCUT2D eigenvalue weighted by molar-refractivity contribution is 0.662. The maximum Gasteiger partial charge on any atom is 0.264 e. The van der Waals surface area contributed by atoms with E-state index in [1.54, 1.807) is 4.40 Å². The summed E-state index contributed by atoms with van der Waals surface area (Å²) >= 11 is 0. The van der Waals surface area contributed by atoms with Crippen molar-refractivity contribution < 1.29 is 4.42 Å². The van der Waals surface area contributed by atoms with Crippen LogP contribution in [-0.4, -0.2) is 9.38 Å². The minimum absolute atomic E-state index is 0.0428. The summed E-state index contributed by atoms with van der Waals surface area (Å²) < 4.78 is 7.90. The first-order chi connectivity index (χ1) is 13.8. The van der Waals surface area contributed by atoms with E-state index in [1.165, 1.54) is 0 Å². The lowest BCUT2D eigenvalue weighted by Gasteiger charge is -2.12. The summed E-state index contributed by atoms with van der Waals surface area (Å²) in [6.07, 6.45) is 0. The van der Waals surface area contributed by atoms with Gasteiger partial charge < -0.3 is 4.42 Å². The summed E-state index contributed by atoms with van der Waals surface area (Å²) in [6, 6.07) is 23.8. The highest BCUT2D eigenvalue weighted by atomic mass is 16.3. The number of pyridine rings is 1. The number of fused-ring (bicyclic) bond motifs is 6. The second kappa shape index (κ2) is 4.67. The second-order valence-electron chi connectivity index (χ2n) is 7.18. The Bertz CT molecular complexity index is 1790. The minimum Gasteiger partial charge on any atom is -0.456 e. The molecule has 3 aromatic heterocycles. The van der Waals surface area contributed by atoms with Crippen LogP contribution in [0.25, 0.3) is 60.2 Å². The smallest absolute Gasteiger partial charge is 0.264 e. The van der Waals surface area contributed by atoms with E-state index >= 15 is 0 Å². The number of benzene rings is 4. The molecule has 4 aromatic carbocycles. The number of hydrogen-bond acceptors (Lipinski definition) is 3. The van der Waals surface area contributed by atoms with Crippen LogP contribution >= 0.6 is 0 Å². The van der Waals surface area contributed by atoms with Crippen LogP contribution in [-0.2, 0) is 0 Å². The molecule has 0 saturated carbocycles. The predicted octanol–water partition coefficient (Wildman–Crippen LogP) is 5.49. The number of para-hydroxylation sites is 3. The molecule has 3 heterocycles. The quantitative estimate of drug-likeness (QED) is 0.265. The molecule has 0 amide bonds. The molecule has 0 spiro atoms. The fraction of sp³-hybridized carbons (Fsp3) is 0. The molecule has 7 rings (SSSR count). The molecule has 28 heavy (non-hydrogen) atoms. The molecule has 0 radical (unpaired) electrons. The Kier molecular flexibility index (Phi) is 2.37. The topological polar surface area (TPSA) is 47.5 Å². The Morgan fingerprint density at radius 1 is 0.679 bits per heavy atom. The van der Waals surface area contributed by atoms with Crippen molar-refractivity contribution in [1.29, 1.82) is 0 Å². The first-order valence-corrected chi connectivity index (χ1v) is 9.21. The fourth-order valence-electron chi connectivity index (χ4n) is 4.57. The summed E-state index contributed by atoms with van der Waals surface area (Å²) in [4.78, 5) is 18.2. The molecular formula is C24H12N2O2. The van der Waals surface area contributed by atoms with Crippen LogP contribution in [0.1, 0.15) is 0 Å². The normalized spacial score (nSPS) is 12.4. The Balaban J connectivity index is 1.87. The maximum absolute atomic E-state index is 13.4. The van der Waals surface area contributed by atoms with E-state index < -0.39 is 0 Å². The highest BCUT2D eigenvalue weighted by molar-refractivity contribution is 6.28. The molecule has 4 heteroatoms. The standard InChI is InChI=1S/C24H12N2O2/c27-24-16-10-9-14-13-5-1-4-8-19(13)28-20-12-11-15(21(16)22(14)20)23-25-17-6-2-3-7-18(17)26(23)24/h1-12H. The molecule has 0 atom stereocenters. The molecule has 7 aromatic rings. The second-order valence-corrected chi connectivity index (χ2v) is 7.18. The molecule has 0 aliphatic heterocycles. The van der Waals surface area contributed by atoms with Gasteiger partial charge >= 0.3 is 0 Å². The zero-order chi connectivity index (χ0) is 18.4. The van der Waals surface area contributed by atoms with E-state index in [4.69, 9.17) is 9.40 Å². The van der Waals surface area contributed by atoms with Crippen molar-refractivity contribution in [1.82, 2.24) is 9.38 Å². The molecule has 0 N–H and O–H groups in total. The largest absolute Gasteiger partial charge is 0.456 e. The Morgan fingerprint density at radius 2 is 1.46 bits per heavy atom. The number of imidazole rings is 1. The Hall–Kier alpha value is -3.92. The van der Waals surface area contributed by atoms with Gasteiger partial charge in [-0.1, -0.05) is 36.4 Å². The van der Waals surface area contributed by atoms with E-state index in [9.17, 15) is 4.79 Å². The first kappa shape index (κ1) is 14.2. The van der Waals surface area contributed by atoms with Gasteiger partial charge in [0.15, 0.2) is 0 Å². The average molecular weight is 360 g/mol. The molecule has 0 unspecified atom stereocenters. The highest BCUT2D eigenvalue weighted by Crippen LogP contribution is 2.38. The summed E-state index contributed by atoms with van der Waals surface area (Å²) in [5.74, 6) is 0. The fourth-order valence-corrected chi connectivity index (χ4v) is 4.57. The lowest BCUT2D eigenvalue weighted by atomic mass is 9.96. The van der Waals surface area contributed by atoms with E-state index in [2.05, 4.69) is 6.07 Å². The number of nitrogens with zero attached hydrogens (tertiary/aromatic N) is 2. The molecule has 0 fully saturated rings. The SMILES string of the molecule is O=c1c2ccc3c4ccccc4oc4ccc(c2c43)c2nc3ccccc3n12. The van der Waals surface area contributed by atoms with Crippen molar-refractivity contribution in [2.75, 3.05) is 0 Å². The third kappa shape index (κ3) is 1.53. The van der Waals surface area contributed by atoms with Gasteiger partial charge in [0.25, 0.3) is 5.56 Å². The van der Waals surface area contributed by atoms with E-state index in [1.807, 2.05) is 66.7 Å². The zero-order valence-electron chi connectivity index (χ0n) is 14.6. The number of hydrogen-bond donors (Lipinski definition) is 0. The van der Waals surface area contributed by atoms with Crippen molar-refractivity contribution >= 4 is 60.2 Å². The molecule has 4 nitrogen and oxygen atoms in total. The van der Waals surface area contributed by atoms with Crippen LogP contribution in [0.5, 0.6) is 0 Å². The van der Waals surface area contributed by atoms with Crippen LogP contribution in [0, 0.1) is 0 Å². The third-order valence-corrected chi connectivity index (χ3v) is 5.75. The van der Waals surface area contributed by atoms with Crippen molar-refractivity contribution in [2.24, 2.45) is 0 Å². The van der Waals surface area contributed by atoms with E-state index in [-0.39, 0.29) is 5.56 Å². The zero-order valence-corrected chi connectivity index (χ0v) is 14.6. The van der Waals surface area contributed by atoms with Gasteiger partial charge in [0.2, 0.25) is 0 Å². The van der Waals surface area contributed by atoms with Crippen LogP contribution in [0.3, 0.4) is 0 Å². The van der Waals surface area contributed by atoms with Gasteiger partial charge in [-0.15, -0.1) is 0 Å². The van der Waals surface area contributed by atoms with Gasteiger partial charge in [-0.05, 0) is 41.8 Å². The molecular weight excluding hydrogens is 348 g/mol.